The first-order chi connectivity index (χ1) is 7.31. The molecule has 3 nitrogen and oxygen atoms in total. The van der Waals surface area contributed by atoms with Gasteiger partial charge in [0.1, 0.15) is 6.04 Å². The number of hydrogen-bond acceptors (Lipinski definition) is 4. The minimum absolute atomic E-state index is 0.0427. The molecule has 4 heteroatoms. The van der Waals surface area contributed by atoms with Gasteiger partial charge in [0.15, 0.2) is 0 Å². The van der Waals surface area contributed by atoms with E-state index in [1.807, 2.05) is 30.5 Å². The molecule has 0 aliphatic carbocycles. The molecule has 0 aromatic heterocycles. The van der Waals surface area contributed by atoms with Crippen molar-refractivity contribution in [2.75, 3.05) is 19.4 Å². The Morgan fingerprint density at radius 3 is 2.60 bits per heavy atom. The lowest BCUT2D eigenvalue weighted by molar-refractivity contribution is 0.289. The van der Waals surface area contributed by atoms with Gasteiger partial charge in [0.05, 0.1) is 12.7 Å². The van der Waals surface area contributed by atoms with E-state index in [4.69, 9.17) is 10.4 Å². The lowest BCUT2D eigenvalue weighted by atomic mass is 10.1. The number of aliphatic hydroxyl groups is 1. The Balaban J connectivity index is 2.70. The Morgan fingerprint density at radius 1 is 1.47 bits per heavy atom. The molecule has 0 bridgehead atoms. The van der Waals surface area contributed by atoms with E-state index in [0.29, 0.717) is 6.54 Å². The molecule has 0 saturated heterocycles. The van der Waals surface area contributed by atoms with Crippen LogP contribution >= 0.6 is 11.8 Å². The molecule has 15 heavy (non-hydrogen) atoms. The summed E-state index contributed by atoms with van der Waals surface area (Å²) in [5.41, 5.74) is 0.934. The summed E-state index contributed by atoms with van der Waals surface area (Å²) in [6.45, 7) is 0.476. The van der Waals surface area contributed by atoms with E-state index in [-0.39, 0.29) is 12.6 Å². The summed E-state index contributed by atoms with van der Waals surface area (Å²) in [5, 5.41) is 20.6. The average molecular weight is 222 g/mol. The van der Waals surface area contributed by atoms with Crippen LogP contribution < -0.4 is 5.32 Å². The summed E-state index contributed by atoms with van der Waals surface area (Å²) in [4.78, 5) is 1.18. The molecule has 80 valence electrons. The van der Waals surface area contributed by atoms with Crippen molar-refractivity contribution in [3.8, 4) is 6.07 Å². The first kappa shape index (κ1) is 12.1. The second-order valence-corrected chi connectivity index (χ2v) is 3.89. The molecule has 0 aliphatic heterocycles. The summed E-state index contributed by atoms with van der Waals surface area (Å²) in [6, 6.07) is 9.67. The van der Waals surface area contributed by atoms with Crippen molar-refractivity contribution in [1.29, 1.82) is 5.26 Å². The number of nitrogens with one attached hydrogen (secondary N) is 1. The summed E-state index contributed by atoms with van der Waals surface area (Å²) >= 11 is 1.67. The van der Waals surface area contributed by atoms with Crippen molar-refractivity contribution < 1.29 is 5.11 Å². The topological polar surface area (TPSA) is 56.0 Å². The number of aliphatic hydroxyl groups excluding tert-OH is 1. The minimum Gasteiger partial charge on any atom is -0.395 e. The SMILES string of the molecule is CSc1ccc(C(C#N)NCCO)cc1. The van der Waals surface area contributed by atoms with Gasteiger partial charge < -0.3 is 5.11 Å². The van der Waals surface area contributed by atoms with Crippen LogP contribution in [0.2, 0.25) is 0 Å². The fourth-order valence-electron chi connectivity index (χ4n) is 1.24. The molecule has 1 atom stereocenters. The van der Waals surface area contributed by atoms with Crippen molar-refractivity contribution in [3.05, 3.63) is 29.8 Å². The standard InChI is InChI=1S/C11H14N2OS/c1-15-10-4-2-9(3-5-10)11(8-12)13-6-7-14/h2-5,11,13-14H,6-7H2,1H3. The van der Waals surface area contributed by atoms with Crippen molar-refractivity contribution in [2.45, 2.75) is 10.9 Å². The molecule has 0 amide bonds. The maximum Gasteiger partial charge on any atom is 0.121 e. The lowest BCUT2D eigenvalue weighted by Crippen LogP contribution is -2.23. The van der Waals surface area contributed by atoms with Crippen molar-refractivity contribution in [3.63, 3.8) is 0 Å². The monoisotopic (exact) mass is 222 g/mol. The summed E-state index contributed by atoms with van der Waals surface area (Å²) in [5.74, 6) is 0. The second kappa shape index (κ2) is 6.46. The van der Waals surface area contributed by atoms with Gasteiger partial charge in [-0.2, -0.15) is 5.26 Å². The third kappa shape index (κ3) is 3.56. The van der Waals surface area contributed by atoms with Crippen LogP contribution in [0, 0.1) is 11.3 Å². The number of nitrogens with zero attached hydrogens (tertiary/aromatic N) is 1. The largest absolute Gasteiger partial charge is 0.395 e. The fourth-order valence-corrected chi connectivity index (χ4v) is 1.65. The highest BCUT2D eigenvalue weighted by molar-refractivity contribution is 7.98. The van der Waals surface area contributed by atoms with E-state index in [0.717, 1.165) is 5.56 Å². The zero-order valence-corrected chi connectivity index (χ0v) is 9.42. The number of nitriles is 1. The maximum atomic E-state index is 8.93. The Kier molecular flexibility index (Phi) is 5.19. The fraction of sp³-hybridized carbons (Fsp3) is 0.364. The molecule has 1 aromatic rings. The third-order valence-electron chi connectivity index (χ3n) is 2.04. The van der Waals surface area contributed by atoms with E-state index in [9.17, 15) is 0 Å². The predicted molar refractivity (Wildman–Crippen MR) is 61.7 cm³/mol. The van der Waals surface area contributed by atoms with Crippen LogP contribution in [0.5, 0.6) is 0 Å². The van der Waals surface area contributed by atoms with Gasteiger partial charge in [-0.15, -0.1) is 11.8 Å². The summed E-state index contributed by atoms with van der Waals surface area (Å²) < 4.78 is 0. The number of benzene rings is 1. The van der Waals surface area contributed by atoms with Crippen molar-refractivity contribution >= 4 is 11.8 Å². The van der Waals surface area contributed by atoms with Gasteiger partial charge in [0, 0.05) is 11.4 Å². The molecule has 0 heterocycles. The Labute approximate surface area is 94.1 Å². The van der Waals surface area contributed by atoms with Crippen LogP contribution in [0.15, 0.2) is 29.2 Å². The Bertz CT molecular complexity index is 331. The molecular weight excluding hydrogens is 208 g/mol. The Hall–Kier alpha value is -1.02. The highest BCUT2D eigenvalue weighted by atomic mass is 32.2. The predicted octanol–water partition coefficient (Wildman–Crippen LogP) is 1.56. The van der Waals surface area contributed by atoms with E-state index in [1.54, 1.807) is 11.8 Å². The van der Waals surface area contributed by atoms with E-state index in [2.05, 4.69) is 11.4 Å². The number of rotatable bonds is 5. The van der Waals surface area contributed by atoms with Gasteiger partial charge in [-0.1, -0.05) is 12.1 Å². The first-order valence-corrected chi connectivity index (χ1v) is 5.92. The van der Waals surface area contributed by atoms with Gasteiger partial charge in [0.25, 0.3) is 0 Å². The molecule has 0 saturated carbocycles. The third-order valence-corrected chi connectivity index (χ3v) is 2.78. The summed E-state index contributed by atoms with van der Waals surface area (Å²) in [7, 11) is 0. The van der Waals surface area contributed by atoms with Crippen molar-refractivity contribution in [1.82, 2.24) is 5.32 Å². The molecule has 1 aromatic carbocycles. The smallest absolute Gasteiger partial charge is 0.121 e. The molecule has 1 unspecified atom stereocenters. The molecule has 2 N–H and O–H groups in total. The Morgan fingerprint density at radius 2 is 2.13 bits per heavy atom. The lowest BCUT2D eigenvalue weighted by Gasteiger charge is -2.10. The minimum atomic E-state index is -0.340. The molecule has 1 rings (SSSR count). The molecule has 0 fully saturated rings. The van der Waals surface area contributed by atoms with Crippen LogP contribution in [0.25, 0.3) is 0 Å². The molecule has 0 radical (unpaired) electrons. The average Bonchev–Trinajstić information content (AvgIpc) is 2.31. The zero-order chi connectivity index (χ0) is 11.1. The van der Waals surface area contributed by atoms with Crippen LogP contribution in [0.3, 0.4) is 0 Å². The van der Waals surface area contributed by atoms with E-state index >= 15 is 0 Å². The van der Waals surface area contributed by atoms with Crippen molar-refractivity contribution in [2.24, 2.45) is 0 Å². The van der Waals surface area contributed by atoms with E-state index < -0.39 is 0 Å². The summed E-state index contributed by atoms with van der Waals surface area (Å²) in [6.07, 6.45) is 2.01. The maximum absolute atomic E-state index is 8.93. The van der Waals surface area contributed by atoms with Gasteiger partial charge in [-0.05, 0) is 24.0 Å². The quantitative estimate of drug-likeness (QED) is 0.742. The first-order valence-electron chi connectivity index (χ1n) is 4.69. The molecular formula is C11H14N2OS. The number of hydrogen-bond donors (Lipinski definition) is 2. The van der Waals surface area contributed by atoms with E-state index in [1.165, 1.54) is 4.90 Å². The van der Waals surface area contributed by atoms with Gasteiger partial charge in [-0.3, -0.25) is 5.32 Å². The van der Waals surface area contributed by atoms with Crippen LogP contribution in [0.1, 0.15) is 11.6 Å². The highest BCUT2D eigenvalue weighted by Gasteiger charge is 2.08. The van der Waals surface area contributed by atoms with Gasteiger partial charge >= 0.3 is 0 Å². The zero-order valence-electron chi connectivity index (χ0n) is 8.60. The molecule has 0 spiro atoms. The number of thioether (sulfide) groups is 1. The molecule has 0 aliphatic rings. The van der Waals surface area contributed by atoms with Crippen LogP contribution in [-0.4, -0.2) is 24.5 Å². The van der Waals surface area contributed by atoms with Crippen LogP contribution in [-0.2, 0) is 0 Å². The highest BCUT2D eigenvalue weighted by Crippen LogP contribution is 2.18. The second-order valence-electron chi connectivity index (χ2n) is 3.01. The van der Waals surface area contributed by atoms with Crippen LogP contribution in [0.4, 0.5) is 0 Å². The van der Waals surface area contributed by atoms with Gasteiger partial charge in [-0.25, -0.2) is 0 Å². The normalized spacial score (nSPS) is 12.1. The van der Waals surface area contributed by atoms with Gasteiger partial charge in [0.2, 0.25) is 0 Å².